The van der Waals surface area contributed by atoms with Gasteiger partial charge in [-0.25, -0.2) is 0 Å². The minimum absolute atomic E-state index is 0.0136. The van der Waals surface area contributed by atoms with Crippen LogP contribution >= 0.6 is 0 Å². The number of benzene rings is 2. The minimum Gasteiger partial charge on any atom is -0.488 e. The van der Waals surface area contributed by atoms with Crippen LogP contribution in [0.2, 0.25) is 0 Å². The van der Waals surface area contributed by atoms with Gasteiger partial charge in [0.25, 0.3) is 0 Å². The Morgan fingerprint density at radius 2 is 1.88 bits per heavy atom. The van der Waals surface area contributed by atoms with Crippen LogP contribution in [0.4, 0.5) is 5.69 Å². The molecule has 2 aromatic carbocycles. The third-order valence-electron chi connectivity index (χ3n) is 3.92. The molecule has 0 aromatic heterocycles. The fourth-order valence-electron chi connectivity index (χ4n) is 2.89. The highest BCUT2D eigenvalue weighted by molar-refractivity contribution is 6.15. The molecule has 2 aromatic rings. The van der Waals surface area contributed by atoms with E-state index in [0.29, 0.717) is 16.9 Å². The first kappa shape index (κ1) is 16.0. The van der Waals surface area contributed by atoms with Crippen LogP contribution in [0.25, 0.3) is 6.08 Å². The van der Waals surface area contributed by atoms with Crippen molar-refractivity contribution in [3.8, 4) is 5.75 Å². The summed E-state index contributed by atoms with van der Waals surface area (Å²) in [6, 6.07) is 11.2. The Morgan fingerprint density at radius 3 is 2.54 bits per heavy atom. The fraction of sp³-hybridized carbons (Fsp3) is 0.200. The maximum atomic E-state index is 12.8. The summed E-state index contributed by atoms with van der Waals surface area (Å²) in [5.41, 5.74) is 4.91. The number of nitrogens with one attached hydrogen (secondary N) is 1. The van der Waals surface area contributed by atoms with Crippen LogP contribution in [0.3, 0.4) is 0 Å². The summed E-state index contributed by atoms with van der Waals surface area (Å²) in [6.07, 6.45) is 1.84. The molecule has 0 bridgehead atoms. The number of amides is 1. The van der Waals surface area contributed by atoms with Gasteiger partial charge < -0.3 is 10.1 Å². The summed E-state index contributed by atoms with van der Waals surface area (Å²) in [7, 11) is 0. The lowest BCUT2D eigenvalue weighted by atomic mass is 9.93. The van der Waals surface area contributed by atoms with Crippen molar-refractivity contribution in [1.29, 1.82) is 0 Å². The van der Waals surface area contributed by atoms with Crippen LogP contribution < -0.4 is 10.1 Å². The average molecular weight is 321 g/mol. The smallest absolute Gasteiger partial charge is 0.221 e. The SMILES string of the molecule is CC(=O)Nc1ccc(/C=C2\COc3cc(C)cc(C)c3C2=O)cc1. The number of hydrogen-bond donors (Lipinski definition) is 1. The molecule has 1 aliphatic heterocycles. The molecule has 24 heavy (non-hydrogen) atoms. The molecule has 0 unspecified atom stereocenters. The lowest BCUT2D eigenvalue weighted by Crippen LogP contribution is -2.20. The maximum Gasteiger partial charge on any atom is 0.221 e. The second-order valence-electron chi connectivity index (χ2n) is 6.05. The number of ketones is 1. The Balaban J connectivity index is 1.89. The summed E-state index contributed by atoms with van der Waals surface area (Å²) in [5, 5.41) is 2.72. The van der Waals surface area contributed by atoms with E-state index < -0.39 is 0 Å². The van der Waals surface area contributed by atoms with Gasteiger partial charge in [0.2, 0.25) is 5.91 Å². The lowest BCUT2D eigenvalue weighted by molar-refractivity contribution is -0.114. The van der Waals surface area contributed by atoms with Crippen molar-refractivity contribution in [3.63, 3.8) is 0 Å². The molecule has 0 fully saturated rings. The second kappa shape index (κ2) is 6.32. The Labute approximate surface area is 141 Å². The largest absolute Gasteiger partial charge is 0.488 e. The van der Waals surface area contributed by atoms with Crippen molar-refractivity contribution in [3.05, 3.63) is 64.2 Å². The van der Waals surface area contributed by atoms with Gasteiger partial charge in [0.05, 0.1) is 5.56 Å². The molecule has 1 heterocycles. The van der Waals surface area contributed by atoms with E-state index >= 15 is 0 Å². The quantitative estimate of drug-likeness (QED) is 0.853. The Morgan fingerprint density at radius 1 is 1.17 bits per heavy atom. The Bertz CT molecular complexity index is 848. The summed E-state index contributed by atoms with van der Waals surface area (Å²) in [6.45, 7) is 5.65. The van der Waals surface area contributed by atoms with Crippen LogP contribution in [-0.4, -0.2) is 18.3 Å². The monoisotopic (exact) mass is 321 g/mol. The molecule has 4 nitrogen and oxygen atoms in total. The maximum absolute atomic E-state index is 12.8. The van der Waals surface area contributed by atoms with E-state index in [9.17, 15) is 9.59 Å². The zero-order valence-electron chi connectivity index (χ0n) is 14.0. The number of rotatable bonds is 2. The number of fused-ring (bicyclic) bond motifs is 1. The van der Waals surface area contributed by atoms with Crippen LogP contribution in [0.5, 0.6) is 5.75 Å². The van der Waals surface area contributed by atoms with Crippen LogP contribution in [0, 0.1) is 13.8 Å². The molecular formula is C20H19NO3. The van der Waals surface area contributed by atoms with Crippen molar-refractivity contribution < 1.29 is 14.3 Å². The molecule has 1 amide bonds. The number of Topliss-reactive ketones (excluding diaryl/α,β-unsaturated/α-hetero) is 1. The summed E-state index contributed by atoms with van der Waals surface area (Å²) >= 11 is 0. The van der Waals surface area contributed by atoms with E-state index in [4.69, 9.17) is 4.74 Å². The summed E-state index contributed by atoms with van der Waals surface area (Å²) in [5.74, 6) is 0.565. The molecular weight excluding hydrogens is 302 g/mol. The van der Waals surface area contributed by atoms with Gasteiger partial charge in [0, 0.05) is 18.2 Å². The van der Waals surface area contributed by atoms with Gasteiger partial charge in [-0.15, -0.1) is 0 Å². The predicted octanol–water partition coefficient (Wildman–Crippen LogP) is 3.92. The van der Waals surface area contributed by atoms with Gasteiger partial charge in [0.15, 0.2) is 5.78 Å². The third kappa shape index (κ3) is 3.23. The minimum atomic E-state index is -0.112. The highest BCUT2D eigenvalue weighted by Gasteiger charge is 2.25. The standard InChI is InChI=1S/C20H19NO3/c1-12-8-13(2)19-18(9-12)24-11-16(20(19)23)10-15-4-6-17(7-5-15)21-14(3)22/h4-10H,11H2,1-3H3,(H,21,22)/b16-10+. The van der Waals surface area contributed by atoms with Crippen molar-refractivity contribution in [2.75, 3.05) is 11.9 Å². The molecule has 122 valence electrons. The van der Waals surface area contributed by atoms with E-state index in [1.54, 1.807) is 0 Å². The van der Waals surface area contributed by atoms with Gasteiger partial charge in [-0.2, -0.15) is 0 Å². The molecule has 0 radical (unpaired) electrons. The first-order chi connectivity index (χ1) is 11.4. The van der Waals surface area contributed by atoms with Gasteiger partial charge in [-0.3, -0.25) is 9.59 Å². The first-order valence-corrected chi connectivity index (χ1v) is 7.81. The molecule has 1 aliphatic rings. The molecule has 3 rings (SSSR count). The Hall–Kier alpha value is -2.88. The van der Waals surface area contributed by atoms with Gasteiger partial charge >= 0.3 is 0 Å². The van der Waals surface area contributed by atoms with Gasteiger partial charge in [-0.05, 0) is 54.8 Å². The van der Waals surface area contributed by atoms with Crippen molar-refractivity contribution in [2.45, 2.75) is 20.8 Å². The number of hydrogen-bond acceptors (Lipinski definition) is 3. The number of ether oxygens (including phenoxy) is 1. The van der Waals surface area contributed by atoms with E-state index in [1.807, 2.05) is 56.3 Å². The molecule has 0 saturated heterocycles. The summed E-state index contributed by atoms with van der Waals surface area (Å²) in [4.78, 5) is 23.8. The topological polar surface area (TPSA) is 55.4 Å². The number of aryl methyl sites for hydroxylation is 2. The van der Waals surface area contributed by atoms with Crippen molar-refractivity contribution in [1.82, 2.24) is 0 Å². The van der Waals surface area contributed by atoms with E-state index in [0.717, 1.165) is 22.4 Å². The van der Waals surface area contributed by atoms with E-state index in [-0.39, 0.29) is 18.3 Å². The molecule has 0 aliphatic carbocycles. The molecule has 1 N–H and O–H groups in total. The van der Waals surface area contributed by atoms with Crippen LogP contribution in [0.1, 0.15) is 34.0 Å². The van der Waals surface area contributed by atoms with Gasteiger partial charge in [0.1, 0.15) is 12.4 Å². The molecule has 0 spiro atoms. The molecule has 0 saturated carbocycles. The predicted molar refractivity (Wildman–Crippen MR) is 94.5 cm³/mol. The number of anilines is 1. The lowest BCUT2D eigenvalue weighted by Gasteiger charge is -2.21. The second-order valence-corrected chi connectivity index (χ2v) is 6.05. The Kier molecular flexibility index (Phi) is 4.21. The highest BCUT2D eigenvalue weighted by atomic mass is 16.5. The zero-order chi connectivity index (χ0) is 17.3. The van der Waals surface area contributed by atoms with Crippen molar-refractivity contribution >= 4 is 23.5 Å². The van der Waals surface area contributed by atoms with Gasteiger partial charge in [-0.1, -0.05) is 18.2 Å². The summed E-state index contributed by atoms with van der Waals surface area (Å²) < 4.78 is 5.77. The normalized spacial score (nSPS) is 15.0. The van der Waals surface area contributed by atoms with E-state index in [2.05, 4.69) is 5.32 Å². The highest BCUT2D eigenvalue weighted by Crippen LogP contribution is 2.31. The number of carbonyl (C=O) groups excluding carboxylic acids is 2. The van der Waals surface area contributed by atoms with E-state index in [1.165, 1.54) is 6.92 Å². The third-order valence-corrected chi connectivity index (χ3v) is 3.92. The first-order valence-electron chi connectivity index (χ1n) is 7.81. The van der Waals surface area contributed by atoms with Crippen LogP contribution in [0.15, 0.2) is 42.0 Å². The molecule has 4 heteroatoms. The average Bonchev–Trinajstić information content (AvgIpc) is 2.50. The van der Waals surface area contributed by atoms with Crippen LogP contribution in [-0.2, 0) is 4.79 Å². The number of carbonyl (C=O) groups is 2. The fourth-order valence-corrected chi connectivity index (χ4v) is 2.89. The molecule has 0 atom stereocenters. The van der Waals surface area contributed by atoms with Crippen molar-refractivity contribution in [2.24, 2.45) is 0 Å². The zero-order valence-corrected chi connectivity index (χ0v) is 14.0.